The van der Waals surface area contributed by atoms with Gasteiger partial charge in [-0.15, -0.1) is 22.7 Å². The molecule has 0 aliphatic heterocycles. The fourth-order valence-corrected chi connectivity index (χ4v) is 7.78. The van der Waals surface area contributed by atoms with Crippen LogP contribution in [0.1, 0.15) is 101 Å². The lowest BCUT2D eigenvalue weighted by Gasteiger charge is -2.25. The van der Waals surface area contributed by atoms with Crippen molar-refractivity contribution in [2.24, 2.45) is 5.92 Å². The van der Waals surface area contributed by atoms with E-state index in [-0.39, 0.29) is 18.0 Å². The maximum Gasteiger partial charge on any atom is 0.425 e. The van der Waals surface area contributed by atoms with Gasteiger partial charge in [0.05, 0.1) is 5.56 Å². The van der Waals surface area contributed by atoms with Gasteiger partial charge in [0.1, 0.15) is 15.5 Å². The van der Waals surface area contributed by atoms with Gasteiger partial charge in [-0.25, -0.2) is 9.59 Å². The van der Waals surface area contributed by atoms with E-state index in [1.165, 1.54) is 11.3 Å². The first-order valence-corrected chi connectivity index (χ1v) is 14.0. The van der Waals surface area contributed by atoms with E-state index >= 15 is 0 Å². The normalized spacial score (nSPS) is 19.9. The maximum absolute atomic E-state index is 13.7. The van der Waals surface area contributed by atoms with Crippen LogP contribution in [-0.4, -0.2) is 17.6 Å². The minimum Gasteiger partial charge on any atom is -0.456 e. The highest BCUT2D eigenvalue weighted by molar-refractivity contribution is 7.17. The Labute approximate surface area is 217 Å². The van der Waals surface area contributed by atoms with Crippen LogP contribution in [0.2, 0.25) is 0 Å². The SMILES string of the molecule is CC1Cc2c(sc(NC(=O)NCc3c(C(F)(F)F)sc4c3CCCC4)c2C(=O)OC(C)(C)C)C(C)C1. The van der Waals surface area contributed by atoms with Crippen LogP contribution in [0, 0.1) is 5.92 Å². The first-order chi connectivity index (χ1) is 16.7. The average molecular weight is 543 g/mol. The van der Waals surface area contributed by atoms with Crippen LogP contribution in [0.3, 0.4) is 0 Å². The molecular formula is C26H33F3N2O3S2. The molecule has 0 saturated heterocycles. The third-order valence-electron chi connectivity index (χ3n) is 6.59. The number of esters is 1. The van der Waals surface area contributed by atoms with Crippen LogP contribution in [-0.2, 0) is 36.7 Å². The zero-order valence-corrected chi connectivity index (χ0v) is 22.9. The highest BCUT2D eigenvalue weighted by Gasteiger charge is 2.39. The topological polar surface area (TPSA) is 67.4 Å². The summed E-state index contributed by atoms with van der Waals surface area (Å²) in [4.78, 5) is 27.3. The summed E-state index contributed by atoms with van der Waals surface area (Å²) in [6, 6.07) is -0.636. The standard InChI is InChI=1S/C26H33F3N2O3S2/c1-13-10-14(2)20-16(11-13)19(23(32)34-25(3,4)5)22(36-20)31-24(33)30-12-17-15-8-6-7-9-18(15)35-21(17)26(27,28)29/h13-14H,6-12H2,1-5H3,(H2,30,31,33). The summed E-state index contributed by atoms with van der Waals surface area (Å²) in [6.07, 6.45) is 0.199. The predicted octanol–water partition coefficient (Wildman–Crippen LogP) is 7.67. The van der Waals surface area contributed by atoms with Gasteiger partial charge in [-0.1, -0.05) is 13.8 Å². The Hall–Kier alpha value is -2.07. The van der Waals surface area contributed by atoms with Gasteiger partial charge in [-0.2, -0.15) is 13.2 Å². The maximum atomic E-state index is 13.7. The summed E-state index contributed by atoms with van der Waals surface area (Å²) in [6.45, 7) is 9.38. The number of alkyl halides is 3. The van der Waals surface area contributed by atoms with Crippen molar-refractivity contribution in [3.63, 3.8) is 0 Å². The molecule has 0 radical (unpaired) electrons. The summed E-state index contributed by atoms with van der Waals surface area (Å²) in [5.41, 5.74) is 1.45. The molecule has 0 saturated carbocycles. The summed E-state index contributed by atoms with van der Waals surface area (Å²) in [5.74, 6) is 0.124. The number of rotatable bonds is 4. The van der Waals surface area contributed by atoms with Gasteiger partial charge in [0.15, 0.2) is 0 Å². The molecule has 2 N–H and O–H groups in total. The van der Waals surface area contributed by atoms with Crippen LogP contribution in [0.4, 0.5) is 23.0 Å². The summed E-state index contributed by atoms with van der Waals surface area (Å²) in [7, 11) is 0. The number of fused-ring (bicyclic) bond motifs is 2. The van der Waals surface area contributed by atoms with Gasteiger partial charge < -0.3 is 10.1 Å². The number of hydrogen-bond donors (Lipinski definition) is 2. The fourth-order valence-electron chi connectivity index (χ4n) is 5.22. The van der Waals surface area contributed by atoms with E-state index in [1.807, 2.05) is 0 Å². The molecule has 4 rings (SSSR count). The highest BCUT2D eigenvalue weighted by Crippen LogP contribution is 2.46. The fraction of sp³-hybridized carbons (Fsp3) is 0.615. The summed E-state index contributed by atoms with van der Waals surface area (Å²) < 4.78 is 46.8. The molecular weight excluding hydrogens is 509 g/mol. The molecule has 2 atom stereocenters. The van der Waals surface area contributed by atoms with E-state index in [9.17, 15) is 22.8 Å². The zero-order chi connectivity index (χ0) is 26.4. The van der Waals surface area contributed by atoms with Crippen molar-refractivity contribution in [3.05, 3.63) is 36.9 Å². The van der Waals surface area contributed by atoms with Gasteiger partial charge >= 0.3 is 18.2 Å². The van der Waals surface area contributed by atoms with Gasteiger partial charge in [0.2, 0.25) is 0 Å². The number of aryl methyl sites for hydroxylation is 1. The Morgan fingerprint density at radius 3 is 2.42 bits per heavy atom. The lowest BCUT2D eigenvalue weighted by molar-refractivity contribution is -0.135. The van der Waals surface area contributed by atoms with Crippen LogP contribution in [0.5, 0.6) is 0 Å². The second-order valence-corrected chi connectivity index (χ2v) is 13.1. The van der Waals surface area contributed by atoms with Crippen LogP contribution in [0.15, 0.2) is 0 Å². The van der Waals surface area contributed by atoms with E-state index in [4.69, 9.17) is 4.74 Å². The van der Waals surface area contributed by atoms with Gasteiger partial charge in [0, 0.05) is 16.3 Å². The van der Waals surface area contributed by atoms with Crippen molar-refractivity contribution in [3.8, 4) is 0 Å². The first kappa shape index (κ1) is 27.0. The van der Waals surface area contributed by atoms with Crippen LogP contribution in [0.25, 0.3) is 0 Å². The van der Waals surface area contributed by atoms with Crippen LogP contribution >= 0.6 is 22.7 Å². The lowest BCUT2D eigenvalue weighted by Crippen LogP contribution is -2.30. The molecule has 10 heteroatoms. The Morgan fingerprint density at radius 1 is 1.06 bits per heavy atom. The Morgan fingerprint density at radius 2 is 1.75 bits per heavy atom. The van der Waals surface area contributed by atoms with Crippen molar-refractivity contribution in [2.45, 2.75) is 97.4 Å². The van der Waals surface area contributed by atoms with E-state index in [2.05, 4.69) is 24.5 Å². The van der Waals surface area contributed by atoms with Crippen molar-refractivity contribution >= 4 is 39.7 Å². The highest BCUT2D eigenvalue weighted by atomic mass is 32.1. The quantitative estimate of drug-likeness (QED) is 0.390. The Balaban J connectivity index is 1.58. The number of carbonyl (C=O) groups is 2. The second kappa shape index (κ2) is 10.0. The molecule has 2 aliphatic rings. The van der Waals surface area contributed by atoms with E-state index < -0.39 is 28.7 Å². The van der Waals surface area contributed by atoms with Crippen molar-refractivity contribution < 1.29 is 27.5 Å². The molecule has 2 amide bonds. The minimum atomic E-state index is -4.46. The largest absolute Gasteiger partial charge is 0.456 e. The molecule has 2 unspecified atom stereocenters. The van der Waals surface area contributed by atoms with Gasteiger partial charge in [-0.05, 0) is 87.8 Å². The molecule has 2 heterocycles. The molecule has 2 aromatic rings. The number of carbonyl (C=O) groups excluding carboxylic acids is 2. The van der Waals surface area contributed by atoms with Gasteiger partial charge in [0.25, 0.3) is 0 Å². The van der Waals surface area contributed by atoms with E-state index in [1.54, 1.807) is 20.8 Å². The molecule has 36 heavy (non-hydrogen) atoms. The van der Waals surface area contributed by atoms with E-state index in [0.717, 1.165) is 51.5 Å². The third-order valence-corrected chi connectivity index (χ3v) is 9.35. The monoisotopic (exact) mass is 542 g/mol. The molecule has 2 aromatic heterocycles. The van der Waals surface area contributed by atoms with Crippen LogP contribution < -0.4 is 10.6 Å². The number of nitrogens with one attached hydrogen (secondary N) is 2. The molecule has 2 aliphatic carbocycles. The third kappa shape index (κ3) is 5.74. The average Bonchev–Trinajstić information content (AvgIpc) is 3.29. The molecule has 198 valence electrons. The zero-order valence-electron chi connectivity index (χ0n) is 21.3. The summed E-state index contributed by atoms with van der Waals surface area (Å²) >= 11 is 2.16. The second-order valence-electron chi connectivity index (χ2n) is 10.9. The molecule has 0 fully saturated rings. The summed E-state index contributed by atoms with van der Waals surface area (Å²) in [5, 5.41) is 5.77. The number of halogens is 3. The van der Waals surface area contributed by atoms with Crippen molar-refractivity contribution in [2.75, 3.05) is 5.32 Å². The molecule has 5 nitrogen and oxygen atoms in total. The minimum absolute atomic E-state index is 0.164. The Kier molecular flexibility index (Phi) is 7.50. The van der Waals surface area contributed by atoms with E-state index in [0.29, 0.717) is 35.7 Å². The molecule has 0 spiro atoms. The predicted molar refractivity (Wildman–Crippen MR) is 137 cm³/mol. The number of urea groups is 1. The first-order valence-electron chi connectivity index (χ1n) is 12.4. The van der Waals surface area contributed by atoms with Gasteiger partial charge in [-0.3, -0.25) is 5.32 Å². The smallest absolute Gasteiger partial charge is 0.425 e. The van der Waals surface area contributed by atoms with Crippen molar-refractivity contribution in [1.82, 2.24) is 5.32 Å². The number of hydrogen-bond acceptors (Lipinski definition) is 5. The number of amides is 2. The van der Waals surface area contributed by atoms with Crippen molar-refractivity contribution in [1.29, 1.82) is 0 Å². The lowest BCUT2D eigenvalue weighted by atomic mass is 9.82. The number of thiophene rings is 2. The number of anilines is 1. The molecule has 0 bridgehead atoms. The molecule has 0 aromatic carbocycles. The Bertz CT molecular complexity index is 1160. The number of ether oxygens (including phenoxy) is 1.